The first-order chi connectivity index (χ1) is 21.1. The molecule has 0 unspecified atom stereocenters. The zero-order chi connectivity index (χ0) is 33.5. The largest absolute Gasteiger partial charge is 0.444 e. The van der Waals surface area contributed by atoms with Gasteiger partial charge in [0.2, 0.25) is 0 Å². The smallest absolute Gasteiger partial charge is 0.407 e. The normalized spacial score (nSPS) is 16.4. The fourth-order valence-electron chi connectivity index (χ4n) is 4.83. The minimum absolute atomic E-state index is 0.305. The Morgan fingerprint density at radius 2 is 1.33 bits per heavy atom. The molecular weight excluding hydrogens is 576 g/mol. The van der Waals surface area contributed by atoms with E-state index >= 15 is 0 Å². The highest BCUT2D eigenvalue weighted by atomic mass is 16.6. The molecule has 2 aromatic heterocycles. The van der Waals surface area contributed by atoms with Crippen molar-refractivity contribution in [3.63, 3.8) is 0 Å². The lowest BCUT2D eigenvalue weighted by Crippen LogP contribution is -2.40. The van der Waals surface area contributed by atoms with E-state index in [1.165, 1.54) is 11.8 Å². The van der Waals surface area contributed by atoms with Gasteiger partial charge in [-0.1, -0.05) is 0 Å². The number of aryl methyl sites for hydroxylation is 2. The summed E-state index contributed by atoms with van der Waals surface area (Å²) < 4.78 is 13.9. The molecule has 2 aromatic rings. The van der Waals surface area contributed by atoms with Crippen molar-refractivity contribution < 1.29 is 23.9 Å². The molecule has 2 saturated heterocycles. The van der Waals surface area contributed by atoms with Crippen LogP contribution in [0.4, 0.5) is 9.59 Å². The summed E-state index contributed by atoms with van der Waals surface area (Å²) in [5.74, 6) is 1.14. The van der Waals surface area contributed by atoms with Gasteiger partial charge in [0.25, 0.3) is 0 Å². The summed E-state index contributed by atoms with van der Waals surface area (Å²) in [7, 11) is 3.71. The molecule has 254 valence electrons. The highest BCUT2D eigenvalue weighted by molar-refractivity contribution is 5.73. The molecule has 0 spiro atoms. The molecule has 3 N–H and O–H groups in total. The van der Waals surface area contributed by atoms with Gasteiger partial charge in [-0.3, -0.25) is 19.1 Å². The van der Waals surface area contributed by atoms with Crippen molar-refractivity contribution in [2.45, 2.75) is 85.0 Å². The molecule has 0 atom stereocenters. The molecule has 4 heterocycles. The van der Waals surface area contributed by atoms with Gasteiger partial charge in [-0.2, -0.15) is 10.2 Å². The van der Waals surface area contributed by atoms with E-state index in [1.54, 1.807) is 17.9 Å². The summed E-state index contributed by atoms with van der Waals surface area (Å²) in [4.78, 5) is 35.4. The third kappa shape index (κ3) is 17.6. The number of likely N-dealkylation sites (tertiary alicyclic amines) is 1. The van der Waals surface area contributed by atoms with Gasteiger partial charge in [-0.25, -0.2) is 9.59 Å². The van der Waals surface area contributed by atoms with E-state index in [4.69, 9.17) is 9.47 Å². The van der Waals surface area contributed by atoms with Crippen LogP contribution in [0.1, 0.15) is 83.1 Å². The molecule has 2 aliphatic rings. The Morgan fingerprint density at radius 1 is 0.844 bits per heavy atom. The van der Waals surface area contributed by atoms with Gasteiger partial charge in [0, 0.05) is 51.7 Å². The van der Waals surface area contributed by atoms with Gasteiger partial charge < -0.3 is 25.4 Å². The summed E-state index contributed by atoms with van der Waals surface area (Å²) in [5, 5.41) is 17.0. The van der Waals surface area contributed by atoms with Crippen molar-refractivity contribution in [2.75, 3.05) is 39.3 Å². The second kappa shape index (κ2) is 18.5. The summed E-state index contributed by atoms with van der Waals surface area (Å²) >= 11 is 0. The predicted octanol–water partition coefficient (Wildman–Crippen LogP) is 3.90. The molecule has 0 bridgehead atoms. The van der Waals surface area contributed by atoms with E-state index in [-0.39, 0.29) is 12.2 Å². The van der Waals surface area contributed by atoms with Crippen LogP contribution in [0, 0.1) is 11.8 Å². The lowest BCUT2D eigenvalue weighted by molar-refractivity contribution is 0.0501. The molecular formula is C32H56N8O5. The van der Waals surface area contributed by atoms with Crippen LogP contribution in [-0.4, -0.2) is 93.4 Å². The molecule has 4 rings (SSSR count). The van der Waals surface area contributed by atoms with Crippen molar-refractivity contribution in [2.24, 2.45) is 25.9 Å². The monoisotopic (exact) mass is 632 g/mol. The van der Waals surface area contributed by atoms with E-state index in [0.717, 1.165) is 71.2 Å². The van der Waals surface area contributed by atoms with Gasteiger partial charge >= 0.3 is 12.2 Å². The fourth-order valence-corrected chi connectivity index (χ4v) is 4.83. The molecule has 45 heavy (non-hydrogen) atoms. The minimum Gasteiger partial charge on any atom is -0.444 e. The van der Waals surface area contributed by atoms with E-state index in [1.807, 2.05) is 59.5 Å². The molecule has 13 nitrogen and oxygen atoms in total. The van der Waals surface area contributed by atoms with E-state index in [9.17, 15) is 14.4 Å². The van der Waals surface area contributed by atoms with Crippen LogP contribution in [0.15, 0.2) is 24.8 Å². The number of nitrogens with one attached hydrogen (secondary N) is 3. The molecule has 2 aliphatic heterocycles. The minimum atomic E-state index is -0.433. The number of carbonyl (C=O) groups excluding carboxylic acids is 3. The quantitative estimate of drug-likeness (QED) is 0.387. The van der Waals surface area contributed by atoms with Crippen molar-refractivity contribution in [3.8, 4) is 0 Å². The highest BCUT2D eigenvalue weighted by Gasteiger charge is 2.22. The van der Waals surface area contributed by atoms with Gasteiger partial charge in [0.05, 0.1) is 18.0 Å². The average Bonchev–Trinajstić information content (AvgIpc) is 3.58. The Labute approximate surface area is 268 Å². The lowest BCUT2D eigenvalue weighted by Gasteiger charge is -2.31. The van der Waals surface area contributed by atoms with Crippen molar-refractivity contribution in [3.05, 3.63) is 35.9 Å². The lowest BCUT2D eigenvalue weighted by atomic mass is 9.96. The maximum atomic E-state index is 11.7. The Morgan fingerprint density at radius 3 is 1.73 bits per heavy atom. The van der Waals surface area contributed by atoms with Gasteiger partial charge in [-0.05, 0) is 105 Å². The molecule has 2 amide bonds. The number of aromatic nitrogens is 4. The number of carbonyl (C=O) groups is 3. The summed E-state index contributed by atoms with van der Waals surface area (Å²) in [6.45, 7) is 17.9. The fraction of sp³-hybridized carbons (Fsp3) is 0.719. The van der Waals surface area contributed by atoms with Crippen LogP contribution >= 0.6 is 0 Å². The number of nitrogens with zero attached hydrogens (tertiary/aromatic N) is 5. The zero-order valence-corrected chi connectivity index (χ0v) is 28.6. The Hall–Kier alpha value is -3.45. The summed E-state index contributed by atoms with van der Waals surface area (Å²) in [5.41, 5.74) is 1.04. The van der Waals surface area contributed by atoms with Crippen LogP contribution in [0.2, 0.25) is 0 Å². The topological polar surface area (TPSA) is 145 Å². The molecule has 2 fully saturated rings. The van der Waals surface area contributed by atoms with Gasteiger partial charge in [0.15, 0.2) is 6.29 Å². The first-order valence-corrected chi connectivity index (χ1v) is 15.9. The summed E-state index contributed by atoms with van der Waals surface area (Å²) in [6.07, 6.45) is 11.8. The van der Waals surface area contributed by atoms with Crippen LogP contribution in [0.5, 0.6) is 0 Å². The average molecular weight is 633 g/mol. The maximum Gasteiger partial charge on any atom is 0.407 e. The number of ether oxygens (including phenoxy) is 2. The van der Waals surface area contributed by atoms with Crippen LogP contribution < -0.4 is 16.0 Å². The number of aldehydes is 1. The number of amides is 2. The van der Waals surface area contributed by atoms with Crippen LogP contribution in [-0.2, 0) is 30.1 Å². The maximum absolute atomic E-state index is 11.7. The van der Waals surface area contributed by atoms with Crippen molar-refractivity contribution in [1.82, 2.24) is 40.4 Å². The number of alkyl carbamates (subject to hydrolysis) is 2. The van der Waals surface area contributed by atoms with E-state index in [0.29, 0.717) is 23.9 Å². The van der Waals surface area contributed by atoms with E-state index < -0.39 is 11.2 Å². The second-order valence-electron chi connectivity index (χ2n) is 13.8. The third-order valence-corrected chi connectivity index (χ3v) is 7.06. The Kier molecular flexibility index (Phi) is 15.5. The molecule has 0 saturated carbocycles. The Balaban J connectivity index is 0.000000263. The van der Waals surface area contributed by atoms with Crippen LogP contribution in [0.25, 0.3) is 0 Å². The third-order valence-electron chi connectivity index (χ3n) is 7.06. The highest BCUT2D eigenvalue weighted by Crippen LogP contribution is 2.18. The van der Waals surface area contributed by atoms with Crippen LogP contribution in [0.3, 0.4) is 0 Å². The predicted molar refractivity (Wildman–Crippen MR) is 174 cm³/mol. The first kappa shape index (κ1) is 37.7. The van der Waals surface area contributed by atoms with Gasteiger partial charge in [-0.15, -0.1) is 0 Å². The number of hydrogen-bond donors (Lipinski definition) is 3. The Bertz CT molecular complexity index is 1150. The summed E-state index contributed by atoms with van der Waals surface area (Å²) in [6, 6.07) is 0. The molecule has 0 aromatic carbocycles. The van der Waals surface area contributed by atoms with Crippen molar-refractivity contribution in [1.29, 1.82) is 0 Å². The number of hydrogen-bond acceptors (Lipinski definition) is 9. The molecule has 13 heteroatoms. The first-order valence-electron chi connectivity index (χ1n) is 15.9. The standard InChI is InChI=1S/C16H28N4O2.C11H22N2O2.C5H6N2O/c1-16(2,3)22-15(21)17-9-13-5-7-20(8-6-13)12-14-10-18-19(4)11-14;1-11(2,3)15-10(14)13-8-9-4-6-12-7-5-9;1-7-3-5(4-8)2-6-7/h10-11,13H,5-9,12H2,1-4H3,(H,17,21);9,12H,4-8H2,1-3H3,(H,13,14);2-4H,1H3. The van der Waals surface area contributed by atoms with Crippen molar-refractivity contribution >= 4 is 18.5 Å². The number of rotatable bonds is 7. The number of piperidine rings is 2. The second-order valence-corrected chi connectivity index (χ2v) is 13.8. The van der Waals surface area contributed by atoms with Gasteiger partial charge in [0.1, 0.15) is 11.2 Å². The molecule has 0 aliphatic carbocycles. The molecule has 0 radical (unpaired) electrons. The van der Waals surface area contributed by atoms with E-state index in [2.05, 4.69) is 37.2 Å². The zero-order valence-electron chi connectivity index (χ0n) is 28.6. The SMILES string of the molecule is CC(C)(C)OC(=O)NCC1CCNCC1.Cn1cc(C=O)cn1.Cn1cc(CN2CCC(CNC(=O)OC(C)(C)C)CC2)cn1.